The van der Waals surface area contributed by atoms with Crippen molar-refractivity contribution in [2.24, 2.45) is 5.92 Å². The Morgan fingerprint density at radius 2 is 1.94 bits per heavy atom. The summed E-state index contributed by atoms with van der Waals surface area (Å²) < 4.78 is 5.19. The van der Waals surface area contributed by atoms with Gasteiger partial charge in [-0.25, -0.2) is 4.79 Å². The first kappa shape index (κ1) is 13.0. The Morgan fingerprint density at radius 3 is 2.31 bits per heavy atom. The zero-order valence-electron chi connectivity index (χ0n) is 10.5. The van der Waals surface area contributed by atoms with Gasteiger partial charge in [0, 0.05) is 12.0 Å². The lowest BCUT2D eigenvalue weighted by molar-refractivity contribution is -0.109. The number of aldehydes is 1. The molecule has 1 aliphatic rings. The van der Waals surface area contributed by atoms with E-state index in [4.69, 9.17) is 4.74 Å². The summed E-state index contributed by atoms with van der Waals surface area (Å²) in [4.78, 5) is 22.3. The van der Waals surface area contributed by atoms with Gasteiger partial charge in [-0.05, 0) is 46.5 Å². The van der Waals surface area contributed by atoms with Crippen molar-refractivity contribution in [3.8, 4) is 0 Å². The molecule has 0 heterocycles. The molecule has 0 aromatic heterocycles. The molecule has 0 aromatic carbocycles. The topological polar surface area (TPSA) is 55.4 Å². The molecule has 0 aliphatic heterocycles. The van der Waals surface area contributed by atoms with Gasteiger partial charge >= 0.3 is 6.09 Å². The van der Waals surface area contributed by atoms with Crippen LogP contribution in [-0.4, -0.2) is 23.5 Å². The Balaban J connectivity index is 2.55. The molecule has 0 spiro atoms. The fourth-order valence-corrected chi connectivity index (χ4v) is 1.75. The van der Waals surface area contributed by atoms with Gasteiger partial charge < -0.3 is 14.8 Å². The molecular formula is C12H21NO3. The van der Waals surface area contributed by atoms with Gasteiger partial charge in [0.25, 0.3) is 0 Å². The number of ether oxygens (including phenoxy) is 1. The largest absolute Gasteiger partial charge is 0.444 e. The lowest BCUT2D eigenvalue weighted by Crippen LogP contribution is -2.49. The molecule has 1 fully saturated rings. The third-order valence-corrected chi connectivity index (χ3v) is 2.77. The average Bonchev–Trinajstić information content (AvgIpc) is 2.80. The maximum atomic E-state index is 11.6. The predicted octanol–water partition coefficient (Wildman–Crippen LogP) is 2.27. The molecule has 1 amide bonds. The van der Waals surface area contributed by atoms with Gasteiger partial charge in [-0.15, -0.1) is 0 Å². The van der Waals surface area contributed by atoms with E-state index in [0.29, 0.717) is 12.3 Å². The molecule has 92 valence electrons. The Hall–Kier alpha value is -1.06. The molecule has 0 radical (unpaired) electrons. The van der Waals surface area contributed by atoms with Gasteiger partial charge in [-0.3, -0.25) is 0 Å². The second kappa shape index (κ2) is 4.44. The third kappa shape index (κ3) is 3.83. The SMILES string of the molecule is CC(C)(C)OC(=O)NC(C)(CC=O)C1CC1. The minimum atomic E-state index is -0.504. The predicted molar refractivity (Wildman–Crippen MR) is 61.2 cm³/mol. The summed E-state index contributed by atoms with van der Waals surface area (Å²) in [5.41, 5.74) is -0.945. The van der Waals surface area contributed by atoms with Crippen LogP contribution in [0.3, 0.4) is 0 Å². The van der Waals surface area contributed by atoms with E-state index in [9.17, 15) is 9.59 Å². The molecule has 4 heteroatoms. The maximum Gasteiger partial charge on any atom is 0.408 e. The van der Waals surface area contributed by atoms with Crippen LogP contribution in [0, 0.1) is 5.92 Å². The quantitative estimate of drug-likeness (QED) is 0.749. The van der Waals surface area contributed by atoms with Gasteiger partial charge in [0.2, 0.25) is 0 Å². The van der Waals surface area contributed by atoms with E-state index in [2.05, 4.69) is 5.32 Å². The molecule has 16 heavy (non-hydrogen) atoms. The monoisotopic (exact) mass is 227 g/mol. The number of carbonyl (C=O) groups is 2. The molecule has 1 N–H and O–H groups in total. The van der Waals surface area contributed by atoms with Gasteiger partial charge in [-0.1, -0.05) is 0 Å². The molecule has 0 bridgehead atoms. The number of rotatable bonds is 4. The molecule has 1 unspecified atom stereocenters. The van der Waals surface area contributed by atoms with E-state index < -0.39 is 17.2 Å². The summed E-state index contributed by atoms with van der Waals surface area (Å²) >= 11 is 0. The molecular weight excluding hydrogens is 206 g/mol. The van der Waals surface area contributed by atoms with Crippen molar-refractivity contribution in [2.45, 2.75) is 58.1 Å². The van der Waals surface area contributed by atoms with Gasteiger partial charge in [0.15, 0.2) is 0 Å². The standard InChI is InChI=1S/C12H21NO3/c1-11(2,3)16-10(15)13-12(4,7-8-14)9-5-6-9/h8-9H,5-7H2,1-4H3,(H,13,15). The van der Waals surface area contributed by atoms with Crippen LogP contribution in [0.4, 0.5) is 4.79 Å². The van der Waals surface area contributed by atoms with E-state index in [1.54, 1.807) is 0 Å². The molecule has 1 rings (SSSR count). The van der Waals surface area contributed by atoms with Crippen LogP contribution in [0.2, 0.25) is 0 Å². The number of amides is 1. The lowest BCUT2D eigenvalue weighted by Gasteiger charge is -2.30. The summed E-state index contributed by atoms with van der Waals surface area (Å²) in [7, 11) is 0. The number of alkyl carbamates (subject to hydrolysis) is 1. The summed E-state index contributed by atoms with van der Waals surface area (Å²) in [5.74, 6) is 0.408. The number of hydrogen-bond acceptors (Lipinski definition) is 3. The fourth-order valence-electron chi connectivity index (χ4n) is 1.75. The second-order valence-corrected chi connectivity index (χ2v) is 5.69. The van der Waals surface area contributed by atoms with Crippen LogP contribution in [0.25, 0.3) is 0 Å². The van der Waals surface area contributed by atoms with E-state index in [-0.39, 0.29) is 0 Å². The average molecular weight is 227 g/mol. The van der Waals surface area contributed by atoms with Crippen LogP contribution in [-0.2, 0) is 9.53 Å². The summed E-state index contributed by atoms with van der Waals surface area (Å²) in [6.07, 6.45) is 2.90. The highest BCUT2D eigenvalue weighted by molar-refractivity contribution is 5.70. The first-order valence-electron chi connectivity index (χ1n) is 5.72. The minimum absolute atomic E-state index is 0.344. The van der Waals surface area contributed by atoms with E-state index in [1.807, 2.05) is 27.7 Å². The van der Waals surface area contributed by atoms with E-state index in [0.717, 1.165) is 19.1 Å². The van der Waals surface area contributed by atoms with Crippen molar-refractivity contribution in [2.75, 3.05) is 0 Å². The van der Waals surface area contributed by atoms with Gasteiger partial charge in [0.05, 0.1) is 0 Å². The van der Waals surface area contributed by atoms with Crippen molar-refractivity contribution < 1.29 is 14.3 Å². The molecule has 0 aromatic rings. The Morgan fingerprint density at radius 1 is 1.38 bits per heavy atom. The van der Waals surface area contributed by atoms with Gasteiger partial charge in [-0.2, -0.15) is 0 Å². The molecule has 1 atom stereocenters. The van der Waals surface area contributed by atoms with E-state index in [1.165, 1.54) is 0 Å². The highest BCUT2D eigenvalue weighted by Gasteiger charge is 2.43. The third-order valence-electron chi connectivity index (χ3n) is 2.77. The van der Waals surface area contributed by atoms with Crippen molar-refractivity contribution in [3.63, 3.8) is 0 Å². The molecule has 1 aliphatic carbocycles. The highest BCUT2D eigenvalue weighted by atomic mass is 16.6. The van der Waals surface area contributed by atoms with Crippen LogP contribution < -0.4 is 5.32 Å². The fraction of sp³-hybridized carbons (Fsp3) is 0.833. The maximum absolute atomic E-state index is 11.6. The Bertz CT molecular complexity index is 278. The van der Waals surface area contributed by atoms with Crippen molar-refractivity contribution in [1.29, 1.82) is 0 Å². The summed E-state index contributed by atoms with van der Waals surface area (Å²) in [6.45, 7) is 7.37. The summed E-state index contributed by atoms with van der Waals surface area (Å²) in [6, 6.07) is 0. The Labute approximate surface area is 96.7 Å². The number of carbonyl (C=O) groups excluding carboxylic acids is 2. The second-order valence-electron chi connectivity index (χ2n) is 5.69. The minimum Gasteiger partial charge on any atom is -0.444 e. The Kier molecular flexibility index (Phi) is 3.61. The van der Waals surface area contributed by atoms with Crippen LogP contribution in [0.5, 0.6) is 0 Å². The number of nitrogens with one attached hydrogen (secondary N) is 1. The zero-order valence-corrected chi connectivity index (χ0v) is 10.5. The van der Waals surface area contributed by atoms with Crippen molar-refractivity contribution in [1.82, 2.24) is 5.32 Å². The van der Waals surface area contributed by atoms with Crippen LogP contribution in [0.1, 0.15) is 47.0 Å². The highest BCUT2D eigenvalue weighted by Crippen LogP contribution is 2.41. The van der Waals surface area contributed by atoms with E-state index >= 15 is 0 Å². The summed E-state index contributed by atoms with van der Waals surface area (Å²) in [5, 5.41) is 2.82. The number of hydrogen-bond donors (Lipinski definition) is 1. The van der Waals surface area contributed by atoms with Gasteiger partial charge in [0.1, 0.15) is 11.9 Å². The first-order valence-corrected chi connectivity index (χ1v) is 5.72. The zero-order chi connectivity index (χ0) is 12.4. The van der Waals surface area contributed by atoms with Crippen LogP contribution in [0.15, 0.2) is 0 Å². The van der Waals surface area contributed by atoms with Crippen molar-refractivity contribution in [3.05, 3.63) is 0 Å². The van der Waals surface area contributed by atoms with Crippen LogP contribution >= 0.6 is 0 Å². The smallest absolute Gasteiger partial charge is 0.408 e. The van der Waals surface area contributed by atoms with Crippen molar-refractivity contribution >= 4 is 12.4 Å². The molecule has 4 nitrogen and oxygen atoms in total. The molecule has 0 saturated heterocycles. The normalized spacial score (nSPS) is 19.8. The first-order chi connectivity index (χ1) is 7.27. The molecule has 1 saturated carbocycles. The lowest BCUT2D eigenvalue weighted by atomic mass is 9.92.